The Kier molecular flexibility index (Phi) is 4.50. The van der Waals surface area contributed by atoms with E-state index in [-0.39, 0.29) is 11.0 Å². The summed E-state index contributed by atoms with van der Waals surface area (Å²) < 4.78 is 22.1. The number of hydrogen-bond acceptors (Lipinski definition) is 4. The van der Waals surface area contributed by atoms with Gasteiger partial charge in [0, 0.05) is 19.3 Å². The smallest absolute Gasteiger partial charge is 0.238 e. The van der Waals surface area contributed by atoms with Crippen molar-refractivity contribution in [3.8, 4) is 0 Å². The molecule has 0 fully saturated rings. The van der Waals surface area contributed by atoms with E-state index >= 15 is 0 Å². The van der Waals surface area contributed by atoms with Crippen LogP contribution in [0, 0.1) is 0 Å². The predicted molar refractivity (Wildman–Crippen MR) is 67.4 cm³/mol. The molecule has 0 saturated heterocycles. The van der Waals surface area contributed by atoms with Crippen molar-refractivity contribution in [1.29, 1.82) is 0 Å². The normalized spacial score (nSPS) is 13.4. The van der Waals surface area contributed by atoms with E-state index in [1.165, 1.54) is 12.1 Å². The minimum absolute atomic E-state index is 0.102. The van der Waals surface area contributed by atoms with Crippen LogP contribution in [-0.4, -0.2) is 33.2 Å². The second-order valence-electron chi connectivity index (χ2n) is 4.10. The Morgan fingerprint density at radius 1 is 1.35 bits per heavy atom. The first-order valence-electron chi connectivity index (χ1n) is 5.33. The number of nitrogens with zero attached hydrogens (tertiary/aromatic N) is 1. The van der Waals surface area contributed by atoms with Gasteiger partial charge in [-0.2, -0.15) is 0 Å². The van der Waals surface area contributed by atoms with Crippen molar-refractivity contribution >= 4 is 15.7 Å². The molecule has 5 nitrogen and oxygen atoms in total. The molecule has 0 radical (unpaired) electrons. The summed E-state index contributed by atoms with van der Waals surface area (Å²) in [5.41, 5.74) is 0.887. The van der Waals surface area contributed by atoms with Crippen molar-refractivity contribution in [3.05, 3.63) is 24.3 Å². The highest BCUT2D eigenvalue weighted by atomic mass is 32.2. The fraction of sp³-hybridized carbons (Fsp3) is 0.455. The number of sulfonamides is 1. The number of aliphatic hydroxyl groups is 1. The molecule has 96 valence electrons. The number of nitrogens with two attached hydrogens (primary N) is 1. The summed E-state index contributed by atoms with van der Waals surface area (Å²) in [6, 6.07) is 6.34. The summed E-state index contributed by atoms with van der Waals surface area (Å²) in [4.78, 5) is 2.05. The highest BCUT2D eigenvalue weighted by molar-refractivity contribution is 7.89. The van der Waals surface area contributed by atoms with Crippen LogP contribution in [-0.2, 0) is 10.0 Å². The van der Waals surface area contributed by atoms with Crippen LogP contribution >= 0.6 is 0 Å². The number of rotatable bonds is 5. The van der Waals surface area contributed by atoms with E-state index in [9.17, 15) is 13.5 Å². The highest BCUT2D eigenvalue weighted by Crippen LogP contribution is 2.16. The molecule has 0 saturated carbocycles. The SMILES string of the molecule is CC(O)CCN(C)c1ccc(S(N)(=O)=O)cc1. The van der Waals surface area contributed by atoms with Gasteiger partial charge < -0.3 is 10.0 Å². The van der Waals surface area contributed by atoms with E-state index in [0.29, 0.717) is 13.0 Å². The Morgan fingerprint density at radius 3 is 2.29 bits per heavy atom. The third-order valence-corrected chi connectivity index (χ3v) is 3.42. The fourth-order valence-electron chi connectivity index (χ4n) is 1.40. The summed E-state index contributed by atoms with van der Waals surface area (Å²) in [7, 11) is -1.75. The number of anilines is 1. The standard InChI is InChI=1S/C11H18N2O3S/c1-9(14)7-8-13(2)10-3-5-11(6-4-10)17(12,15)16/h3-6,9,14H,7-8H2,1-2H3,(H2,12,15,16). The van der Waals surface area contributed by atoms with E-state index in [1.54, 1.807) is 19.1 Å². The van der Waals surface area contributed by atoms with Crippen LogP contribution in [0.5, 0.6) is 0 Å². The van der Waals surface area contributed by atoms with Gasteiger partial charge in [0.25, 0.3) is 0 Å². The van der Waals surface area contributed by atoms with E-state index in [4.69, 9.17) is 5.14 Å². The summed E-state index contributed by atoms with van der Waals surface area (Å²) in [6.45, 7) is 2.43. The third kappa shape index (κ3) is 4.33. The highest BCUT2D eigenvalue weighted by Gasteiger charge is 2.08. The molecule has 1 unspecified atom stereocenters. The largest absolute Gasteiger partial charge is 0.393 e. The molecular formula is C11H18N2O3S. The maximum atomic E-state index is 11.1. The van der Waals surface area contributed by atoms with E-state index in [0.717, 1.165) is 5.69 Å². The average Bonchev–Trinajstić information content (AvgIpc) is 2.25. The Balaban J connectivity index is 2.74. The molecule has 0 aromatic heterocycles. The zero-order valence-corrected chi connectivity index (χ0v) is 10.8. The van der Waals surface area contributed by atoms with Crippen LogP contribution in [0.3, 0.4) is 0 Å². The van der Waals surface area contributed by atoms with Crippen LogP contribution < -0.4 is 10.0 Å². The molecule has 0 amide bonds. The molecule has 1 aromatic rings. The van der Waals surface area contributed by atoms with Crippen molar-refractivity contribution in [2.75, 3.05) is 18.5 Å². The molecule has 1 rings (SSSR count). The topological polar surface area (TPSA) is 83.6 Å². The first-order chi connectivity index (χ1) is 7.80. The molecule has 0 heterocycles. The first-order valence-corrected chi connectivity index (χ1v) is 6.87. The molecule has 1 aromatic carbocycles. The summed E-state index contributed by atoms with van der Waals surface area (Å²) in [5, 5.41) is 14.2. The van der Waals surface area contributed by atoms with Crippen LogP contribution in [0.15, 0.2) is 29.2 Å². The Bertz CT molecular complexity index is 454. The van der Waals surface area contributed by atoms with Gasteiger partial charge in [-0.05, 0) is 37.6 Å². The molecule has 1 atom stereocenters. The van der Waals surface area contributed by atoms with Gasteiger partial charge in [0.2, 0.25) is 10.0 Å². The van der Waals surface area contributed by atoms with Gasteiger partial charge in [0.15, 0.2) is 0 Å². The van der Waals surface area contributed by atoms with Crippen molar-refractivity contribution < 1.29 is 13.5 Å². The monoisotopic (exact) mass is 258 g/mol. The first kappa shape index (κ1) is 14.0. The number of benzene rings is 1. The van der Waals surface area contributed by atoms with E-state index in [1.807, 2.05) is 11.9 Å². The van der Waals surface area contributed by atoms with Gasteiger partial charge in [-0.1, -0.05) is 0 Å². The van der Waals surface area contributed by atoms with Crippen molar-refractivity contribution in [2.45, 2.75) is 24.3 Å². The van der Waals surface area contributed by atoms with E-state index in [2.05, 4.69) is 0 Å². The summed E-state index contributed by atoms with van der Waals surface area (Å²) in [6.07, 6.45) is 0.314. The third-order valence-electron chi connectivity index (χ3n) is 2.49. The molecule has 0 bridgehead atoms. The lowest BCUT2D eigenvalue weighted by molar-refractivity contribution is 0.187. The van der Waals surface area contributed by atoms with Gasteiger partial charge in [0.1, 0.15) is 0 Å². The van der Waals surface area contributed by atoms with Crippen LogP contribution in [0.1, 0.15) is 13.3 Å². The fourth-order valence-corrected chi connectivity index (χ4v) is 1.92. The maximum absolute atomic E-state index is 11.1. The van der Waals surface area contributed by atoms with Gasteiger partial charge in [-0.15, -0.1) is 0 Å². The average molecular weight is 258 g/mol. The molecule has 0 aliphatic carbocycles. The number of primary sulfonamides is 1. The second-order valence-corrected chi connectivity index (χ2v) is 5.66. The van der Waals surface area contributed by atoms with Crippen molar-refractivity contribution in [2.24, 2.45) is 5.14 Å². The molecule has 0 spiro atoms. The second kappa shape index (κ2) is 5.48. The number of aliphatic hydroxyl groups excluding tert-OH is 1. The van der Waals surface area contributed by atoms with Gasteiger partial charge in [-0.3, -0.25) is 0 Å². The van der Waals surface area contributed by atoms with Crippen LogP contribution in [0.4, 0.5) is 5.69 Å². The Hall–Kier alpha value is -1.11. The minimum Gasteiger partial charge on any atom is -0.393 e. The van der Waals surface area contributed by atoms with E-state index < -0.39 is 10.0 Å². The molecule has 6 heteroatoms. The van der Waals surface area contributed by atoms with Gasteiger partial charge in [0.05, 0.1) is 11.0 Å². The summed E-state index contributed by atoms with van der Waals surface area (Å²) >= 11 is 0. The van der Waals surface area contributed by atoms with Crippen LogP contribution in [0.2, 0.25) is 0 Å². The molecule has 17 heavy (non-hydrogen) atoms. The van der Waals surface area contributed by atoms with Gasteiger partial charge >= 0.3 is 0 Å². The predicted octanol–water partition coefficient (Wildman–Crippen LogP) is 0.541. The zero-order chi connectivity index (χ0) is 13.1. The lowest BCUT2D eigenvalue weighted by atomic mass is 10.2. The molecule has 0 aliphatic heterocycles. The van der Waals surface area contributed by atoms with Crippen LogP contribution in [0.25, 0.3) is 0 Å². The minimum atomic E-state index is -3.63. The summed E-state index contributed by atoms with van der Waals surface area (Å²) in [5.74, 6) is 0. The Morgan fingerprint density at radius 2 is 1.88 bits per heavy atom. The van der Waals surface area contributed by atoms with Crippen molar-refractivity contribution in [3.63, 3.8) is 0 Å². The van der Waals surface area contributed by atoms with Gasteiger partial charge in [-0.25, -0.2) is 13.6 Å². The lowest BCUT2D eigenvalue weighted by Crippen LogP contribution is -2.22. The number of hydrogen-bond donors (Lipinski definition) is 2. The quantitative estimate of drug-likeness (QED) is 0.807. The maximum Gasteiger partial charge on any atom is 0.238 e. The molecule has 3 N–H and O–H groups in total. The zero-order valence-electron chi connectivity index (χ0n) is 10.00. The molecule has 0 aliphatic rings. The van der Waals surface area contributed by atoms with Crippen molar-refractivity contribution in [1.82, 2.24) is 0 Å². The molecular weight excluding hydrogens is 240 g/mol. The Labute approximate surface area is 102 Å². The lowest BCUT2D eigenvalue weighted by Gasteiger charge is -2.20.